The van der Waals surface area contributed by atoms with Gasteiger partial charge in [-0.25, -0.2) is 9.78 Å². The van der Waals surface area contributed by atoms with Crippen molar-refractivity contribution in [2.75, 3.05) is 13.1 Å². The first kappa shape index (κ1) is 28.5. The summed E-state index contributed by atoms with van der Waals surface area (Å²) in [4.78, 5) is 18.5. The van der Waals surface area contributed by atoms with Crippen molar-refractivity contribution in [3.8, 4) is 17.2 Å². The Morgan fingerprint density at radius 3 is 2.34 bits per heavy atom. The number of aliphatic hydroxyl groups is 1. The predicted octanol–water partition coefficient (Wildman–Crippen LogP) is 6.87. The van der Waals surface area contributed by atoms with Crippen LogP contribution in [0.1, 0.15) is 35.6 Å². The second kappa shape index (κ2) is 10.1. The molecule has 41 heavy (non-hydrogen) atoms. The molecule has 7 nitrogen and oxygen atoms in total. The zero-order valence-corrected chi connectivity index (χ0v) is 21.9. The van der Waals surface area contributed by atoms with Crippen molar-refractivity contribution < 1.29 is 45.4 Å². The molecule has 1 saturated heterocycles. The summed E-state index contributed by atoms with van der Waals surface area (Å²) >= 11 is 0. The molecule has 0 aliphatic carbocycles. The Labute approximate surface area is 229 Å². The Hall–Kier alpha value is -4.00. The van der Waals surface area contributed by atoms with E-state index in [9.17, 15) is 36.2 Å². The molecule has 1 aliphatic rings. The molecule has 1 N–H and O–H groups in total. The zero-order chi connectivity index (χ0) is 29.7. The topological polar surface area (TPSA) is 80.7 Å². The van der Waals surface area contributed by atoms with E-state index in [4.69, 9.17) is 9.15 Å². The fourth-order valence-corrected chi connectivity index (χ4v) is 4.94. The van der Waals surface area contributed by atoms with Gasteiger partial charge in [0.1, 0.15) is 17.2 Å². The number of benzene rings is 2. The van der Waals surface area contributed by atoms with E-state index in [2.05, 4.69) is 4.98 Å². The molecule has 0 saturated carbocycles. The molecule has 5 rings (SSSR count). The molecule has 1 amide bonds. The number of halogens is 6. The molecule has 1 fully saturated rings. The van der Waals surface area contributed by atoms with Gasteiger partial charge in [-0.05, 0) is 63.1 Å². The summed E-state index contributed by atoms with van der Waals surface area (Å²) in [6.07, 6.45) is -10.5. The Bertz CT molecular complexity index is 1580. The largest absolute Gasteiger partial charge is 0.441 e. The minimum absolute atomic E-state index is 0.0841. The Morgan fingerprint density at radius 1 is 1.00 bits per heavy atom. The third-order valence-electron chi connectivity index (χ3n) is 7.20. The Morgan fingerprint density at radius 2 is 1.68 bits per heavy atom. The van der Waals surface area contributed by atoms with Gasteiger partial charge in [0.2, 0.25) is 5.89 Å². The average Bonchev–Trinajstić information content (AvgIpc) is 3.62. The van der Waals surface area contributed by atoms with Gasteiger partial charge in [0.15, 0.2) is 0 Å². The normalized spacial score (nSPS) is 14.7. The minimum atomic E-state index is -5.98. The molecular weight excluding hydrogens is 556 g/mol. The van der Waals surface area contributed by atoms with Crippen LogP contribution in [0, 0.1) is 13.8 Å². The van der Waals surface area contributed by atoms with E-state index >= 15 is 0 Å². The molecule has 0 spiro atoms. The molecule has 0 unspecified atom stereocenters. The maximum absolute atomic E-state index is 13.4. The van der Waals surface area contributed by atoms with Crippen LogP contribution in [-0.4, -0.2) is 51.1 Å². The lowest BCUT2D eigenvalue weighted by molar-refractivity contribution is -0.376. The summed E-state index contributed by atoms with van der Waals surface area (Å²) in [5.41, 5.74) is -4.43. The van der Waals surface area contributed by atoms with Gasteiger partial charge < -0.3 is 23.7 Å². The van der Waals surface area contributed by atoms with Crippen molar-refractivity contribution in [2.24, 2.45) is 0 Å². The number of hydrogen-bond acceptors (Lipinski definition) is 5. The second-order valence-corrected chi connectivity index (χ2v) is 9.96. The van der Waals surface area contributed by atoms with Crippen molar-refractivity contribution in [1.29, 1.82) is 0 Å². The molecule has 13 heteroatoms. The highest BCUT2D eigenvalue weighted by Gasteiger charge is 2.71. The summed E-state index contributed by atoms with van der Waals surface area (Å²) < 4.78 is 93.3. The van der Waals surface area contributed by atoms with Gasteiger partial charge in [-0.15, -0.1) is 0 Å². The van der Waals surface area contributed by atoms with Crippen LogP contribution in [0.3, 0.4) is 0 Å². The zero-order valence-electron chi connectivity index (χ0n) is 21.9. The number of rotatable bonds is 5. The van der Waals surface area contributed by atoms with Gasteiger partial charge in [0, 0.05) is 40.8 Å². The number of likely N-dealkylation sites (tertiary alicyclic amines) is 1. The molecule has 3 heterocycles. The summed E-state index contributed by atoms with van der Waals surface area (Å²) in [5, 5.41) is 9.87. The van der Waals surface area contributed by atoms with Crippen molar-refractivity contribution in [3.63, 3.8) is 0 Å². The van der Waals surface area contributed by atoms with Crippen molar-refractivity contribution in [1.82, 2.24) is 14.5 Å². The molecule has 4 aromatic rings. The molecule has 2 aromatic carbocycles. The second-order valence-electron chi connectivity index (χ2n) is 9.96. The number of amides is 1. The maximum Gasteiger partial charge on any atom is 0.430 e. The molecular formula is C28H25F6N3O4. The SMILES string of the molecule is Cc1oc(-c2cccc(OC(=O)N3CCCC3)c2)nc1Cn1c(C)cc2cc(C(O)(C(F)(F)F)C(F)(F)F)ccc21. The van der Waals surface area contributed by atoms with Gasteiger partial charge in [-0.1, -0.05) is 12.1 Å². The van der Waals surface area contributed by atoms with E-state index in [0.29, 0.717) is 59.2 Å². The minimum Gasteiger partial charge on any atom is -0.441 e. The summed E-state index contributed by atoms with van der Waals surface area (Å²) in [5.74, 6) is 1.01. The number of fused-ring (bicyclic) bond motifs is 1. The molecule has 1 aliphatic heterocycles. The van der Waals surface area contributed by atoms with Crippen molar-refractivity contribution >= 4 is 17.0 Å². The predicted molar refractivity (Wildman–Crippen MR) is 135 cm³/mol. The standard InChI is InChI=1S/C28H25F6N3O4/c1-16-12-19-13-20(26(39,27(29,30)31)28(32,33)34)8-9-23(19)37(16)15-22-17(2)40-24(35-22)18-6-5-7-21(14-18)41-25(38)36-10-3-4-11-36/h5-9,12-14,39H,3-4,10-11,15H2,1-2H3. The quantitative estimate of drug-likeness (QED) is 0.260. The first-order valence-electron chi connectivity index (χ1n) is 12.7. The number of aryl methyl sites for hydroxylation is 2. The van der Waals surface area contributed by atoms with E-state index in [1.165, 1.54) is 6.07 Å². The summed E-state index contributed by atoms with van der Waals surface area (Å²) in [6.45, 7) is 4.71. The van der Waals surface area contributed by atoms with Gasteiger partial charge in [0.05, 0.1) is 6.54 Å². The van der Waals surface area contributed by atoms with E-state index in [1.54, 1.807) is 47.6 Å². The van der Waals surface area contributed by atoms with Crippen molar-refractivity contribution in [3.05, 3.63) is 71.2 Å². The third kappa shape index (κ3) is 5.14. The number of oxazole rings is 1. The number of nitrogens with zero attached hydrogens (tertiary/aromatic N) is 3. The van der Waals surface area contributed by atoms with E-state index < -0.39 is 29.6 Å². The average molecular weight is 582 g/mol. The Kier molecular flexibility index (Phi) is 7.04. The van der Waals surface area contributed by atoms with Gasteiger partial charge in [0.25, 0.3) is 5.60 Å². The number of ether oxygens (including phenoxy) is 1. The number of carbonyl (C=O) groups excluding carboxylic acids is 1. The highest BCUT2D eigenvalue weighted by molar-refractivity contribution is 5.82. The van der Waals surface area contributed by atoms with E-state index in [1.807, 2.05) is 0 Å². The van der Waals surface area contributed by atoms with Crippen LogP contribution in [0.2, 0.25) is 0 Å². The molecule has 218 valence electrons. The molecule has 0 radical (unpaired) electrons. The monoisotopic (exact) mass is 581 g/mol. The van der Waals surface area contributed by atoms with Crippen LogP contribution >= 0.6 is 0 Å². The highest BCUT2D eigenvalue weighted by Crippen LogP contribution is 2.50. The maximum atomic E-state index is 13.4. The summed E-state index contributed by atoms with van der Waals surface area (Å²) in [6, 6.07) is 10.5. The lowest BCUT2D eigenvalue weighted by Gasteiger charge is -2.32. The van der Waals surface area contributed by atoms with Crippen LogP contribution in [-0.2, 0) is 12.1 Å². The van der Waals surface area contributed by atoms with Crippen LogP contribution in [0.25, 0.3) is 22.4 Å². The van der Waals surface area contributed by atoms with Crippen LogP contribution in [0.15, 0.2) is 52.9 Å². The number of carbonyl (C=O) groups is 1. The lowest BCUT2D eigenvalue weighted by Crippen LogP contribution is -2.53. The first-order valence-corrected chi connectivity index (χ1v) is 12.7. The highest BCUT2D eigenvalue weighted by atomic mass is 19.4. The molecule has 2 aromatic heterocycles. The number of alkyl halides is 6. The number of hydrogen-bond donors (Lipinski definition) is 1. The first-order chi connectivity index (χ1) is 19.2. The number of aromatic nitrogens is 2. The summed E-state index contributed by atoms with van der Waals surface area (Å²) in [7, 11) is 0. The van der Waals surface area contributed by atoms with Crippen LogP contribution in [0.5, 0.6) is 5.75 Å². The van der Waals surface area contributed by atoms with Gasteiger partial charge in [-0.2, -0.15) is 26.3 Å². The Balaban J connectivity index is 1.42. The third-order valence-corrected chi connectivity index (χ3v) is 7.20. The lowest BCUT2D eigenvalue weighted by atomic mass is 9.91. The van der Waals surface area contributed by atoms with Gasteiger partial charge >= 0.3 is 18.4 Å². The van der Waals surface area contributed by atoms with Crippen molar-refractivity contribution in [2.45, 2.75) is 51.2 Å². The van der Waals surface area contributed by atoms with Gasteiger partial charge in [-0.3, -0.25) is 0 Å². The molecule has 0 atom stereocenters. The van der Waals surface area contributed by atoms with Crippen LogP contribution in [0.4, 0.5) is 31.1 Å². The fourth-order valence-electron chi connectivity index (χ4n) is 4.94. The van der Waals surface area contributed by atoms with E-state index in [0.717, 1.165) is 18.9 Å². The molecule has 0 bridgehead atoms. The van der Waals surface area contributed by atoms with Crippen LogP contribution < -0.4 is 4.74 Å². The fraction of sp³-hybridized carbons (Fsp3) is 0.357. The van der Waals surface area contributed by atoms with E-state index in [-0.39, 0.29) is 17.8 Å². The smallest absolute Gasteiger partial charge is 0.430 e.